The summed E-state index contributed by atoms with van der Waals surface area (Å²) in [5, 5.41) is 0. The Bertz CT molecular complexity index is 154. The van der Waals surface area contributed by atoms with Crippen LogP contribution in [0.25, 0.3) is 0 Å². The van der Waals surface area contributed by atoms with Crippen LogP contribution in [0.15, 0.2) is 0 Å². The minimum Gasteiger partial charge on any atom is -0.303 e. The van der Waals surface area contributed by atoms with Crippen LogP contribution in [0.1, 0.15) is 85.5 Å². The highest BCUT2D eigenvalue weighted by Gasteiger charge is 2.05. The number of nitrogens with zero attached hydrogens (tertiary/aromatic N) is 1. The molecule has 0 aliphatic carbocycles. The minimum absolute atomic E-state index is 0.846. The molecule has 0 aromatic rings. The molecule has 0 radical (unpaired) electrons. The van der Waals surface area contributed by atoms with Gasteiger partial charge in [0.25, 0.3) is 0 Å². The molecule has 0 N–H and O–H groups in total. The third kappa shape index (κ3) is 12.4. The fourth-order valence-electron chi connectivity index (χ4n) is 2.27. The average molecular weight is 255 g/mol. The summed E-state index contributed by atoms with van der Waals surface area (Å²) in [6.07, 6.45) is 12.6. The van der Waals surface area contributed by atoms with Gasteiger partial charge < -0.3 is 4.90 Å². The minimum atomic E-state index is 0.846. The third-order valence-electron chi connectivity index (χ3n) is 3.68. The second-order valence-corrected chi connectivity index (χ2v) is 6.15. The van der Waals surface area contributed by atoms with Gasteiger partial charge in [-0.1, -0.05) is 66.2 Å². The van der Waals surface area contributed by atoms with E-state index in [0.29, 0.717) is 0 Å². The SMILES string of the molecule is CCCCCCCCN(CCCC)CCC(C)C. The molecule has 1 heteroatoms. The molecule has 1 nitrogen and oxygen atoms in total. The molecule has 0 bridgehead atoms. The largest absolute Gasteiger partial charge is 0.303 e. The Balaban J connectivity index is 3.58. The maximum atomic E-state index is 2.70. The van der Waals surface area contributed by atoms with Gasteiger partial charge in [0.15, 0.2) is 0 Å². The van der Waals surface area contributed by atoms with Gasteiger partial charge in [0.1, 0.15) is 0 Å². The normalized spacial score (nSPS) is 11.7. The van der Waals surface area contributed by atoms with Crippen LogP contribution >= 0.6 is 0 Å². The lowest BCUT2D eigenvalue weighted by Crippen LogP contribution is -2.28. The van der Waals surface area contributed by atoms with Crippen molar-refractivity contribution in [2.75, 3.05) is 19.6 Å². The molecular weight excluding hydrogens is 218 g/mol. The van der Waals surface area contributed by atoms with E-state index in [1.165, 1.54) is 77.4 Å². The average Bonchev–Trinajstić information content (AvgIpc) is 2.35. The van der Waals surface area contributed by atoms with Crippen LogP contribution in [0, 0.1) is 5.92 Å². The Morgan fingerprint density at radius 3 is 1.83 bits per heavy atom. The molecule has 0 saturated carbocycles. The van der Waals surface area contributed by atoms with Crippen molar-refractivity contribution >= 4 is 0 Å². The fraction of sp³-hybridized carbons (Fsp3) is 1.00. The van der Waals surface area contributed by atoms with Crippen molar-refractivity contribution in [3.63, 3.8) is 0 Å². The monoisotopic (exact) mass is 255 g/mol. The lowest BCUT2D eigenvalue weighted by Gasteiger charge is -2.23. The molecule has 0 rings (SSSR count). The van der Waals surface area contributed by atoms with Crippen molar-refractivity contribution in [1.29, 1.82) is 0 Å². The molecule has 0 amide bonds. The smallest absolute Gasteiger partial charge is 0.00163 e. The highest BCUT2D eigenvalue weighted by Crippen LogP contribution is 2.08. The summed E-state index contributed by atoms with van der Waals surface area (Å²) in [5.41, 5.74) is 0. The van der Waals surface area contributed by atoms with Crippen molar-refractivity contribution < 1.29 is 0 Å². The van der Waals surface area contributed by atoms with E-state index in [-0.39, 0.29) is 0 Å². The second kappa shape index (κ2) is 13.4. The molecule has 0 unspecified atom stereocenters. The molecule has 0 aromatic heterocycles. The van der Waals surface area contributed by atoms with E-state index in [2.05, 4.69) is 32.6 Å². The van der Waals surface area contributed by atoms with Crippen LogP contribution in [0.5, 0.6) is 0 Å². The zero-order valence-corrected chi connectivity index (χ0v) is 13.5. The zero-order valence-electron chi connectivity index (χ0n) is 13.5. The van der Waals surface area contributed by atoms with E-state index in [1.807, 2.05) is 0 Å². The number of hydrogen-bond acceptors (Lipinski definition) is 1. The molecule has 0 atom stereocenters. The molecule has 0 aromatic carbocycles. The summed E-state index contributed by atoms with van der Waals surface area (Å²) in [5.74, 6) is 0.846. The Morgan fingerprint density at radius 2 is 1.22 bits per heavy atom. The van der Waals surface area contributed by atoms with Gasteiger partial charge in [0.2, 0.25) is 0 Å². The Labute approximate surface area is 116 Å². The summed E-state index contributed by atoms with van der Waals surface area (Å²) in [6.45, 7) is 13.2. The van der Waals surface area contributed by atoms with E-state index < -0.39 is 0 Å². The first kappa shape index (κ1) is 18.0. The first-order chi connectivity index (χ1) is 8.70. The maximum Gasteiger partial charge on any atom is -0.00163 e. The zero-order chi connectivity index (χ0) is 13.6. The molecule has 0 aliphatic rings. The van der Waals surface area contributed by atoms with Crippen molar-refractivity contribution in [3.8, 4) is 0 Å². The quantitative estimate of drug-likeness (QED) is 0.393. The van der Waals surface area contributed by atoms with Gasteiger partial charge >= 0.3 is 0 Å². The van der Waals surface area contributed by atoms with Crippen LogP contribution < -0.4 is 0 Å². The van der Waals surface area contributed by atoms with E-state index in [4.69, 9.17) is 0 Å². The summed E-state index contributed by atoms with van der Waals surface area (Å²) >= 11 is 0. The maximum absolute atomic E-state index is 2.70. The topological polar surface area (TPSA) is 3.24 Å². The summed E-state index contributed by atoms with van der Waals surface area (Å²) in [6, 6.07) is 0. The lowest BCUT2D eigenvalue weighted by atomic mass is 10.1. The molecule has 0 aliphatic heterocycles. The highest BCUT2D eigenvalue weighted by molar-refractivity contribution is 4.60. The predicted molar refractivity (Wildman–Crippen MR) is 84.2 cm³/mol. The highest BCUT2D eigenvalue weighted by atomic mass is 15.1. The van der Waals surface area contributed by atoms with Crippen LogP contribution in [0.4, 0.5) is 0 Å². The summed E-state index contributed by atoms with van der Waals surface area (Å²) < 4.78 is 0. The van der Waals surface area contributed by atoms with Gasteiger partial charge in [0.05, 0.1) is 0 Å². The first-order valence-electron chi connectivity index (χ1n) is 8.43. The second-order valence-electron chi connectivity index (χ2n) is 6.15. The summed E-state index contributed by atoms with van der Waals surface area (Å²) in [7, 11) is 0. The van der Waals surface area contributed by atoms with Gasteiger partial charge in [-0.05, 0) is 44.8 Å². The van der Waals surface area contributed by atoms with E-state index in [1.54, 1.807) is 0 Å². The van der Waals surface area contributed by atoms with Crippen molar-refractivity contribution in [1.82, 2.24) is 4.90 Å². The number of rotatable bonds is 13. The standard InChI is InChI=1S/C17H37N/c1-5-7-9-10-11-12-15-18(14-8-6-2)16-13-17(3)4/h17H,5-16H2,1-4H3. The first-order valence-corrected chi connectivity index (χ1v) is 8.43. The Hall–Kier alpha value is -0.0400. The van der Waals surface area contributed by atoms with Gasteiger partial charge in [-0.2, -0.15) is 0 Å². The Morgan fingerprint density at radius 1 is 0.667 bits per heavy atom. The molecular formula is C17H37N. The fourth-order valence-corrected chi connectivity index (χ4v) is 2.27. The van der Waals surface area contributed by atoms with Gasteiger partial charge in [-0.3, -0.25) is 0 Å². The van der Waals surface area contributed by atoms with Crippen LogP contribution in [0.3, 0.4) is 0 Å². The van der Waals surface area contributed by atoms with Gasteiger partial charge in [-0.15, -0.1) is 0 Å². The van der Waals surface area contributed by atoms with E-state index >= 15 is 0 Å². The van der Waals surface area contributed by atoms with Crippen molar-refractivity contribution in [2.24, 2.45) is 5.92 Å². The lowest BCUT2D eigenvalue weighted by molar-refractivity contribution is 0.248. The number of hydrogen-bond donors (Lipinski definition) is 0. The van der Waals surface area contributed by atoms with Crippen molar-refractivity contribution in [3.05, 3.63) is 0 Å². The molecule has 0 fully saturated rings. The third-order valence-corrected chi connectivity index (χ3v) is 3.68. The molecule has 0 heterocycles. The van der Waals surface area contributed by atoms with Crippen LogP contribution in [0.2, 0.25) is 0 Å². The molecule has 0 saturated heterocycles. The molecule has 110 valence electrons. The van der Waals surface area contributed by atoms with Crippen LogP contribution in [-0.2, 0) is 0 Å². The van der Waals surface area contributed by atoms with Crippen LogP contribution in [-0.4, -0.2) is 24.5 Å². The van der Waals surface area contributed by atoms with E-state index in [0.717, 1.165) is 5.92 Å². The van der Waals surface area contributed by atoms with Crippen molar-refractivity contribution in [2.45, 2.75) is 85.5 Å². The van der Waals surface area contributed by atoms with E-state index in [9.17, 15) is 0 Å². The number of unbranched alkanes of at least 4 members (excludes halogenated alkanes) is 6. The summed E-state index contributed by atoms with van der Waals surface area (Å²) in [4.78, 5) is 2.70. The molecule has 0 spiro atoms. The van der Waals surface area contributed by atoms with Gasteiger partial charge in [0, 0.05) is 0 Å². The predicted octanol–water partition coefficient (Wildman–Crippen LogP) is 5.50. The van der Waals surface area contributed by atoms with Gasteiger partial charge in [-0.25, -0.2) is 0 Å². The molecule has 18 heavy (non-hydrogen) atoms. The Kier molecular flexibility index (Phi) is 13.4.